The van der Waals surface area contributed by atoms with Gasteiger partial charge < -0.3 is 25.8 Å². The van der Waals surface area contributed by atoms with Gasteiger partial charge in [-0.3, -0.25) is 34.4 Å². The fraction of sp³-hybridized carbons (Fsp3) is 0.471. The maximum absolute atomic E-state index is 14.0. The Morgan fingerprint density at radius 2 is 1.72 bits per heavy atom. The number of carbonyl (C=O) groups excluding carboxylic acids is 3. The number of rotatable bonds is 14. The molecule has 2 aromatic carbocycles. The van der Waals surface area contributed by atoms with Crippen LogP contribution in [0.4, 0.5) is 21.9 Å². The molecular weight excluding hydrogens is 650 g/mol. The molecule has 1 aliphatic rings. The van der Waals surface area contributed by atoms with Crippen molar-refractivity contribution in [3.05, 3.63) is 87.0 Å². The molecule has 0 radical (unpaired) electrons. The Hall–Kier alpha value is -5.38. The highest BCUT2D eigenvalue weighted by Crippen LogP contribution is 2.30. The van der Waals surface area contributed by atoms with Crippen LogP contribution in [0.25, 0.3) is 5.69 Å². The third-order valence-electron chi connectivity index (χ3n) is 8.32. The van der Waals surface area contributed by atoms with Crippen molar-refractivity contribution in [3.63, 3.8) is 0 Å². The Labute approximate surface area is 288 Å². The minimum atomic E-state index is -1.32. The largest absolute Gasteiger partial charge is 0.444 e. The number of non-ortho nitro benzene ring substituents is 1. The van der Waals surface area contributed by atoms with E-state index >= 15 is 0 Å². The van der Waals surface area contributed by atoms with Gasteiger partial charge in [0.2, 0.25) is 11.8 Å². The van der Waals surface area contributed by atoms with Gasteiger partial charge in [-0.25, -0.2) is 9.78 Å². The van der Waals surface area contributed by atoms with E-state index in [1.807, 2.05) is 6.07 Å². The molecule has 1 aromatic heterocycles. The van der Waals surface area contributed by atoms with Gasteiger partial charge in [0.05, 0.1) is 40.8 Å². The predicted molar refractivity (Wildman–Crippen MR) is 183 cm³/mol. The third kappa shape index (κ3) is 10.8. The average molecular weight is 694 g/mol. The smallest absolute Gasteiger partial charge is 0.408 e. The summed E-state index contributed by atoms with van der Waals surface area (Å²) in [4.78, 5) is 65.7. The number of aliphatic hydroxyl groups is 1. The van der Waals surface area contributed by atoms with E-state index in [-0.39, 0.29) is 30.1 Å². The summed E-state index contributed by atoms with van der Waals surface area (Å²) in [6, 6.07) is 9.74. The highest BCUT2D eigenvalue weighted by atomic mass is 16.6. The van der Waals surface area contributed by atoms with Crippen molar-refractivity contribution in [1.82, 2.24) is 20.2 Å². The minimum Gasteiger partial charge on any atom is -0.444 e. The molecule has 0 bridgehead atoms. The number of benzene rings is 2. The first-order chi connectivity index (χ1) is 23.7. The maximum Gasteiger partial charge on any atom is 0.408 e. The molecular formula is C34H43N7O9. The van der Waals surface area contributed by atoms with Crippen molar-refractivity contribution in [2.24, 2.45) is 5.92 Å². The number of anilines is 1. The first-order valence-electron chi connectivity index (χ1n) is 16.5. The Kier molecular flexibility index (Phi) is 12.6. The minimum absolute atomic E-state index is 0.0421. The molecule has 4 N–H and O–H groups in total. The summed E-state index contributed by atoms with van der Waals surface area (Å²) in [5, 5.41) is 42.7. The van der Waals surface area contributed by atoms with E-state index < -0.39 is 62.9 Å². The topological polar surface area (TPSA) is 221 Å². The first kappa shape index (κ1) is 37.4. The maximum atomic E-state index is 14.0. The monoisotopic (exact) mass is 693 g/mol. The van der Waals surface area contributed by atoms with Crippen LogP contribution in [0.3, 0.4) is 0 Å². The molecule has 1 saturated carbocycles. The van der Waals surface area contributed by atoms with Crippen LogP contribution in [0.1, 0.15) is 71.4 Å². The number of nitro benzene ring substituents is 2. The Morgan fingerprint density at radius 1 is 1.02 bits per heavy atom. The fourth-order valence-corrected chi connectivity index (χ4v) is 5.98. The van der Waals surface area contributed by atoms with Gasteiger partial charge in [0.15, 0.2) is 0 Å². The van der Waals surface area contributed by atoms with Crippen LogP contribution < -0.4 is 16.0 Å². The van der Waals surface area contributed by atoms with Gasteiger partial charge in [0.25, 0.3) is 11.4 Å². The molecule has 268 valence electrons. The van der Waals surface area contributed by atoms with E-state index in [0.717, 1.165) is 44.2 Å². The van der Waals surface area contributed by atoms with Crippen molar-refractivity contribution >= 4 is 35.0 Å². The molecule has 0 aliphatic heterocycles. The molecule has 4 rings (SSSR count). The standard InChI is InChI=1S/C34H43N7O9/c1-34(2,3)50-33(45)38-27(17-25-20-35-21-39(25)28-15-14-24(40(46)47)18-29(28)41(48)49)32(44)37-26(16-22-10-6-4-7-11-22)30(42)19-31(43)36-23-12-8-5-9-13-23/h5,8-9,12-15,18,20-22,26-27,30,42H,4,6-7,10-11,16-17,19H2,1-3H3,(H,36,43)(H,37,44)(H,38,45)/t26-,27-,30-/m0/s1. The number of alkyl carbamates (subject to hydrolysis) is 1. The number of imidazole rings is 1. The van der Waals surface area contributed by atoms with Gasteiger partial charge in [-0.2, -0.15) is 0 Å². The highest BCUT2D eigenvalue weighted by molar-refractivity contribution is 5.91. The molecule has 0 unspecified atom stereocenters. The molecule has 1 heterocycles. The summed E-state index contributed by atoms with van der Waals surface area (Å²) in [5.41, 5.74) is -1.18. The summed E-state index contributed by atoms with van der Waals surface area (Å²) < 4.78 is 6.72. The molecule has 3 amide bonds. The van der Waals surface area contributed by atoms with E-state index in [9.17, 15) is 39.7 Å². The Morgan fingerprint density at radius 3 is 2.36 bits per heavy atom. The van der Waals surface area contributed by atoms with E-state index in [4.69, 9.17) is 4.74 Å². The van der Waals surface area contributed by atoms with Gasteiger partial charge in [-0.1, -0.05) is 50.3 Å². The molecule has 50 heavy (non-hydrogen) atoms. The van der Waals surface area contributed by atoms with Crippen LogP contribution in [0, 0.1) is 26.1 Å². The lowest BCUT2D eigenvalue weighted by molar-refractivity contribution is -0.394. The number of para-hydroxylation sites is 1. The molecule has 1 aliphatic carbocycles. The molecule has 0 saturated heterocycles. The fourth-order valence-electron chi connectivity index (χ4n) is 5.98. The van der Waals surface area contributed by atoms with Gasteiger partial charge in [-0.15, -0.1) is 0 Å². The van der Waals surface area contributed by atoms with Gasteiger partial charge >= 0.3 is 6.09 Å². The quantitative estimate of drug-likeness (QED) is 0.131. The van der Waals surface area contributed by atoms with Crippen LogP contribution in [-0.2, 0) is 20.7 Å². The van der Waals surface area contributed by atoms with E-state index in [1.54, 1.807) is 45.0 Å². The lowest BCUT2D eigenvalue weighted by Gasteiger charge is -2.31. The van der Waals surface area contributed by atoms with Crippen molar-refractivity contribution in [1.29, 1.82) is 0 Å². The van der Waals surface area contributed by atoms with Crippen molar-refractivity contribution in [2.75, 3.05) is 5.32 Å². The summed E-state index contributed by atoms with van der Waals surface area (Å²) in [6.07, 6.45) is 5.23. The average Bonchev–Trinajstić information content (AvgIpc) is 3.51. The van der Waals surface area contributed by atoms with E-state index in [2.05, 4.69) is 20.9 Å². The number of aliphatic hydroxyl groups excluding tert-OH is 1. The third-order valence-corrected chi connectivity index (χ3v) is 8.32. The van der Waals surface area contributed by atoms with Crippen LogP contribution in [0.5, 0.6) is 0 Å². The summed E-state index contributed by atoms with van der Waals surface area (Å²) in [7, 11) is 0. The van der Waals surface area contributed by atoms with Crippen molar-refractivity contribution in [3.8, 4) is 5.69 Å². The molecule has 3 atom stereocenters. The van der Waals surface area contributed by atoms with Crippen LogP contribution in [0.15, 0.2) is 61.1 Å². The Bertz CT molecular complexity index is 1670. The van der Waals surface area contributed by atoms with Gasteiger partial charge in [0, 0.05) is 30.1 Å². The zero-order valence-corrected chi connectivity index (χ0v) is 28.2. The number of ether oxygens (including phenoxy) is 1. The summed E-state index contributed by atoms with van der Waals surface area (Å²) in [5.74, 6) is -0.934. The van der Waals surface area contributed by atoms with E-state index in [0.29, 0.717) is 12.1 Å². The highest BCUT2D eigenvalue weighted by Gasteiger charge is 2.33. The zero-order chi connectivity index (χ0) is 36.4. The van der Waals surface area contributed by atoms with Gasteiger partial charge in [0.1, 0.15) is 17.3 Å². The summed E-state index contributed by atoms with van der Waals surface area (Å²) in [6.45, 7) is 4.96. The van der Waals surface area contributed by atoms with Crippen LogP contribution in [0.2, 0.25) is 0 Å². The lowest BCUT2D eigenvalue weighted by atomic mass is 9.83. The number of nitro groups is 2. The predicted octanol–water partition coefficient (Wildman–Crippen LogP) is 4.97. The molecule has 0 spiro atoms. The second-order valence-corrected chi connectivity index (χ2v) is 13.4. The van der Waals surface area contributed by atoms with Crippen molar-refractivity contribution < 1.29 is 34.1 Å². The molecule has 16 heteroatoms. The number of hydrogen-bond donors (Lipinski definition) is 4. The lowest BCUT2D eigenvalue weighted by Crippen LogP contribution is -2.54. The number of nitrogens with one attached hydrogen (secondary N) is 3. The molecule has 1 fully saturated rings. The van der Waals surface area contributed by atoms with Crippen LogP contribution >= 0.6 is 0 Å². The molecule has 3 aromatic rings. The zero-order valence-electron chi connectivity index (χ0n) is 28.2. The second kappa shape index (κ2) is 16.8. The Balaban J connectivity index is 1.61. The number of aromatic nitrogens is 2. The normalized spacial score (nSPS) is 15.3. The first-order valence-corrected chi connectivity index (χ1v) is 16.5. The van der Waals surface area contributed by atoms with Crippen molar-refractivity contribution in [2.45, 2.75) is 95.9 Å². The number of carbonyl (C=O) groups is 3. The number of hydrogen-bond acceptors (Lipinski definition) is 10. The van der Waals surface area contributed by atoms with Gasteiger partial charge in [-0.05, 0) is 51.3 Å². The van der Waals surface area contributed by atoms with E-state index in [1.165, 1.54) is 23.2 Å². The summed E-state index contributed by atoms with van der Waals surface area (Å²) >= 11 is 0. The van der Waals surface area contributed by atoms with Crippen LogP contribution in [-0.4, -0.2) is 66.2 Å². The second-order valence-electron chi connectivity index (χ2n) is 13.4. The SMILES string of the molecule is CC(C)(C)OC(=O)N[C@@H](Cc1cncn1-c1ccc([N+](=O)[O-])cc1[N+](=O)[O-])C(=O)N[C@@H](CC1CCCCC1)[C@@H](O)CC(=O)Nc1ccccc1. The number of nitrogens with zero attached hydrogens (tertiary/aromatic N) is 4. The number of amides is 3. The molecule has 16 nitrogen and oxygen atoms in total.